The van der Waals surface area contributed by atoms with Crippen molar-refractivity contribution in [3.63, 3.8) is 0 Å². The van der Waals surface area contributed by atoms with Crippen LogP contribution in [0.1, 0.15) is 33.2 Å². The Morgan fingerprint density at radius 2 is 1.67 bits per heavy atom. The number of nitrogens with one attached hydrogen (secondary N) is 1. The summed E-state index contributed by atoms with van der Waals surface area (Å²) < 4.78 is 8.02. The van der Waals surface area contributed by atoms with Crippen molar-refractivity contribution in [1.82, 2.24) is 14.5 Å². The second-order valence-electron chi connectivity index (χ2n) is 8.18. The van der Waals surface area contributed by atoms with Gasteiger partial charge < -0.3 is 14.6 Å². The number of halogens is 1. The fourth-order valence-electron chi connectivity index (χ4n) is 4.14. The number of para-hydroxylation sites is 2. The minimum Gasteiger partial charge on any atom is -0.462 e. The Labute approximate surface area is 216 Å². The van der Waals surface area contributed by atoms with Crippen molar-refractivity contribution in [2.45, 2.75) is 19.9 Å². The monoisotopic (exact) mass is 542 g/mol. The van der Waals surface area contributed by atoms with Crippen LogP contribution in [0.25, 0.3) is 22.2 Å². The van der Waals surface area contributed by atoms with Gasteiger partial charge in [-0.2, -0.15) is 0 Å². The Balaban J connectivity index is 1.70. The van der Waals surface area contributed by atoms with Crippen LogP contribution in [0.4, 0.5) is 5.82 Å². The lowest BCUT2D eigenvalue weighted by atomic mass is 10.1. The molecule has 2 aromatic heterocycles. The molecule has 0 aliphatic rings. The third-order valence-electron chi connectivity index (χ3n) is 5.82. The van der Waals surface area contributed by atoms with Gasteiger partial charge >= 0.3 is 5.97 Å². The van der Waals surface area contributed by atoms with Crippen molar-refractivity contribution in [2.24, 2.45) is 0 Å². The summed E-state index contributed by atoms with van der Waals surface area (Å²) in [5.41, 5.74) is 4.02. The Bertz CT molecular complexity index is 1580. The first-order chi connectivity index (χ1) is 17.5. The van der Waals surface area contributed by atoms with Crippen molar-refractivity contribution in [1.29, 1.82) is 0 Å². The molecule has 5 aromatic rings. The minimum atomic E-state index is -0.560. The van der Waals surface area contributed by atoms with E-state index in [1.54, 1.807) is 25.1 Å². The molecule has 0 saturated heterocycles. The Kier molecular flexibility index (Phi) is 6.77. The second kappa shape index (κ2) is 10.3. The van der Waals surface area contributed by atoms with Crippen LogP contribution in [0.5, 0.6) is 0 Å². The molecule has 0 bridgehead atoms. The summed E-state index contributed by atoms with van der Waals surface area (Å²) in [6.07, 6.45) is 0.668. The molecular formula is C28H23BrN4O3. The maximum Gasteiger partial charge on any atom is 0.344 e. The summed E-state index contributed by atoms with van der Waals surface area (Å²) in [7, 11) is 0. The summed E-state index contributed by atoms with van der Waals surface area (Å²) in [5.74, 6) is -0.593. The van der Waals surface area contributed by atoms with E-state index in [1.807, 2.05) is 65.2 Å². The van der Waals surface area contributed by atoms with Crippen molar-refractivity contribution in [3.05, 3.63) is 100 Å². The molecule has 0 radical (unpaired) electrons. The number of hydrogen-bond donors (Lipinski definition) is 1. The zero-order valence-corrected chi connectivity index (χ0v) is 21.2. The average molecular weight is 543 g/mol. The lowest BCUT2D eigenvalue weighted by Gasteiger charge is -2.13. The molecule has 0 unspecified atom stereocenters. The number of esters is 1. The number of carbonyl (C=O) groups is 2. The maximum atomic E-state index is 13.3. The highest BCUT2D eigenvalue weighted by Crippen LogP contribution is 2.31. The minimum absolute atomic E-state index is 0.190. The predicted octanol–water partition coefficient (Wildman–Crippen LogP) is 6.02. The first-order valence-corrected chi connectivity index (χ1v) is 12.4. The first kappa shape index (κ1) is 23.7. The van der Waals surface area contributed by atoms with E-state index >= 15 is 0 Å². The van der Waals surface area contributed by atoms with Crippen LogP contribution < -0.4 is 5.32 Å². The van der Waals surface area contributed by atoms with Crippen LogP contribution in [0.15, 0.2) is 83.3 Å². The van der Waals surface area contributed by atoms with E-state index in [2.05, 4.69) is 21.2 Å². The standard InChI is InChI=1S/C28H23BrN4O3/c1-2-36-28(35)23-24-26(31-22-14-7-6-13-21(22)30-24)33(16-15-18-9-4-3-5-10-18)25(23)32-27(34)19-11-8-12-20(29)17-19/h3-14,17H,2,15-16H2,1H3,(H,32,34). The molecule has 0 aliphatic carbocycles. The Morgan fingerprint density at radius 3 is 2.39 bits per heavy atom. The predicted molar refractivity (Wildman–Crippen MR) is 143 cm³/mol. The number of aryl methyl sites for hydroxylation is 2. The molecule has 8 heteroatoms. The number of rotatable bonds is 7. The summed E-state index contributed by atoms with van der Waals surface area (Å²) in [6, 6.07) is 24.6. The van der Waals surface area contributed by atoms with E-state index in [0.717, 1.165) is 10.0 Å². The van der Waals surface area contributed by atoms with Crippen LogP contribution in [0.3, 0.4) is 0 Å². The van der Waals surface area contributed by atoms with Crippen LogP contribution >= 0.6 is 15.9 Å². The van der Waals surface area contributed by atoms with Crippen molar-refractivity contribution < 1.29 is 14.3 Å². The molecule has 0 aliphatic heterocycles. The molecule has 5 rings (SSSR count). The number of hydrogen-bond acceptors (Lipinski definition) is 5. The first-order valence-electron chi connectivity index (χ1n) is 11.6. The molecule has 0 fully saturated rings. The number of nitrogens with zero attached hydrogens (tertiary/aromatic N) is 3. The van der Waals surface area contributed by atoms with Crippen molar-refractivity contribution in [2.75, 3.05) is 11.9 Å². The largest absolute Gasteiger partial charge is 0.462 e. The van der Waals surface area contributed by atoms with Gasteiger partial charge in [-0.1, -0.05) is 64.5 Å². The van der Waals surface area contributed by atoms with E-state index in [9.17, 15) is 9.59 Å². The van der Waals surface area contributed by atoms with E-state index < -0.39 is 5.97 Å². The van der Waals surface area contributed by atoms with E-state index in [-0.39, 0.29) is 18.1 Å². The van der Waals surface area contributed by atoms with Crippen molar-refractivity contribution in [3.8, 4) is 0 Å². The van der Waals surface area contributed by atoms with Gasteiger partial charge in [-0.15, -0.1) is 0 Å². The number of fused-ring (bicyclic) bond motifs is 2. The van der Waals surface area contributed by atoms with E-state index in [1.165, 1.54) is 0 Å². The van der Waals surface area contributed by atoms with E-state index in [4.69, 9.17) is 14.7 Å². The quantitative estimate of drug-likeness (QED) is 0.254. The fourth-order valence-corrected chi connectivity index (χ4v) is 4.54. The van der Waals surface area contributed by atoms with Crippen LogP contribution in [-0.4, -0.2) is 33.0 Å². The second-order valence-corrected chi connectivity index (χ2v) is 9.10. The molecular weight excluding hydrogens is 520 g/mol. The smallest absolute Gasteiger partial charge is 0.344 e. The molecule has 2 heterocycles. The number of benzene rings is 3. The summed E-state index contributed by atoms with van der Waals surface area (Å²) in [6.45, 7) is 2.41. The molecule has 0 atom stereocenters. The molecule has 7 nitrogen and oxygen atoms in total. The van der Waals surface area contributed by atoms with Gasteiger partial charge in [0.2, 0.25) is 0 Å². The van der Waals surface area contributed by atoms with Gasteiger partial charge in [-0.3, -0.25) is 4.79 Å². The molecule has 3 aromatic carbocycles. The highest BCUT2D eigenvalue weighted by Gasteiger charge is 2.28. The lowest BCUT2D eigenvalue weighted by Crippen LogP contribution is -2.19. The topological polar surface area (TPSA) is 86.1 Å². The third kappa shape index (κ3) is 4.72. The van der Waals surface area contributed by atoms with Gasteiger partial charge in [0.25, 0.3) is 5.91 Å². The average Bonchev–Trinajstić information content (AvgIpc) is 3.18. The summed E-state index contributed by atoms with van der Waals surface area (Å²) >= 11 is 3.41. The normalized spacial score (nSPS) is 11.1. The number of aromatic nitrogens is 3. The number of anilines is 1. The van der Waals surface area contributed by atoms with Gasteiger partial charge in [0.1, 0.15) is 16.9 Å². The lowest BCUT2D eigenvalue weighted by molar-refractivity contribution is 0.0529. The Morgan fingerprint density at radius 1 is 0.944 bits per heavy atom. The maximum absolute atomic E-state index is 13.3. The molecule has 1 amide bonds. The number of ether oxygens (including phenoxy) is 1. The van der Waals surface area contributed by atoms with Gasteiger partial charge in [0.15, 0.2) is 5.65 Å². The molecule has 0 spiro atoms. The molecule has 1 N–H and O–H groups in total. The van der Waals surface area contributed by atoms with Gasteiger partial charge in [0, 0.05) is 16.6 Å². The highest BCUT2D eigenvalue weighted by atomic mass is 79.9. The zero-order chi connectivity index (χ0) is 25.1. The zero-order valence-electron chi connectivity index (χ0n) is 19.6. The fraction of sp³-hybridized carbons (Fsp3) is 0.143. The van der Waals surface area contributed by atoms with Gasteiger partial charge in [-0.05, 0) is 49.2 Å². The molecule has 36 heavy (non-hydrogen) atoms. The van der Waals surface area contributed by atoms with Gasteiger partial charge in [-0.25, -0.2) is 14.8 Å². The number of amides is 1. The van der Waals surface area contributed by atoms with Gasteiger partial charge in [0.05, 0.1) is 17.6 Å². The molecule has 180 valence electrons. The Hall–Kier alpha value is -4.04. The summed E-state index contributed by atoms with van der Waals surface area (Å²) in [4.78, 5) is 36.1. The summed E-state index contributed by atoms with van der Waals surface area (Å²) in [5, 5.41) is 2.96. The SMILES string of the molecule is CCOC(=O)c1c(NC(=O)c2cccc(Br)c2)n(CCc2ccccc2)c2nc3ccccc3nc12. The third-order valence-corrected chi connectivity index (χ3v) is 6.31. The molecule has 0 saturated carbocycles. The van der Waals surface area contributed by atoms with Crippen molar-refractivity contribution >= 4 is 55.8 Å². The van der Waals surface area contributed by atoms with Crippen LogP contribution in [0, 0.1) is 0 Å². The van der Waals surface area contributed by atoms with E-state index in [0.29, 0.717) is 46.5 Å². The van der Waals surface area contributed by atoms with Crippen LogP contribution in [-0.2, 0) is 17.7 Å². The highest BCUT2D eigenvalue weighted by molar-refractivity contribution is 9.10. The van der Waals surface area contributed by atoms with Crippen LogP contribution in [0.2, 0.25) is 0 Å². The number of carbonyl (C=O) groups excluding carboxylic acids is 2.